The van der Waals surface area contributed by atoms with E-state index in [0.29, 0.717) is 17.7 Å². The zero-order valence-corrected chi connectivity index (χ0v) is 28.6. The van der Waals surface area contributed by atoms with Crippen LogP contribution in [0.15, 0.2) is 54.4 Å². The number of benzene rings is 2. The summed E-state index contributed by atoms with van der Waals surface area (Å²) in [7, 11) is 0. The second kappa shape index (κ2) is 14.4. The minimum atomic E-state index is -1.65. The molecule has 3 fully saturated rings. The molecule has 1 unspecified atom stereocenters. The number of primary amides is 1. The van der Waals surface area contributed by atoms with Crippen molar-refractivity contribution in [1.29, 1.82) is 0 Å². The first kappa shape index (κ1) is 35.3. The van der Waals surface area contributed by atoms with Gasteiger partial charge in [0, 0.05) is 37.8 Å². The standard InChI is InChI=1S/C36H47N7O7/c1-35(2,49)29-19-38-41-43(29)26-18-28(33(47)40-36(14-15-50-21-36)30(44)31(37)45)42(20-26)34(48)27(16-22-8-4-3-5-9-22)39-32(46)25-13-12-23-10-6-7-11-24(23)17-25/h6-7,10-13,17,19,22,26-28,38,41,49H,3-5,8-9,14-16,18,20-21H2,1-2H3,(H2,37,45)(H,39,46)(H,40,47)/t26-,27+,28-,36?/m0/s1. The third kappa shape index (κ3) is 7.32. The number of Topliss-reactive ketones (excluding diaryl/α,β-unsaturated/α-hetero) is 1. The highest BCUT2D eigenvalue weighted by Crippen LogP contribution is 2.33. The first-order chi connectivity index (χ1) is 23.9. The normalized spacial score (nSPS) is 24.8. The predicted molar refractivity (Wildman–Crippen MR) is 183 cm³/mol. The Labute approximate surface area is 291 Å². The van der Waals surface area contributed by atoms with E-state index in [0.717, 1.165) is 42.9 Å². The molecule has 2 saturated heterocycles. The van der Waals surface area contributed by atoms with Gasteiger partial charge in [-0.1, -0.05) is 62.4 Å². The van der Waals surface area contributed by atoms with Crippen molar-refractivity contribution in [2.24, 2.45) is 11.7 Å². The fourth-order valence-corrected chi connectivity index (χ4v) is 7.76. The van der Waals surface area contributed by atoms with Crippen molar-refractivity contribution in [2.75, 3.05) is 19.8 Å². The molecular formula is C36H47N7O7. The van der Waals surface area contributed by atoms with Gasteiger partial charge in [-0.2, -0.15) is 0 Å². The van der Waals surface area contributed by atoms with Gasteiger partial charge in [0.2, 0.25) is 17.6 Å². The van der Waals surface area contributed by atoms with Gasteiger partial charge in [0.25, 0.3) is 11.8 Å². The molecule has 0 bridgehead atoms. The smallest absolute Gasteiger partial charge is 0.287 e. The maximum Gasteiger partial charge on any atom is 0.287 e. The van der Waals surface area contributed by atoms with Gasteiger partial charge in [-0.05, 0) is 49.1 Å². The van der Waals surface area contributed by atoms with Crippen LogP contribution in [0.1, 0.15) is 75.6 Å². The first-order valence-corrected chi connectivity index (χ1v) is 17.4. The van der Waals surface area contributed by atoms with Crippen LogP contribution in [0.5, 0.6) is 0 Å². The number of ketones is 1. The van der Waals surface area contributed by atoms with Gasteiger partial charge in [-0.15, -0.1) is 5.53 Å². The fourth-order valence-electron chi connectivity index (χ4n) is 7.76. The van der Waals surface area contributed by atoms with Crippen molar-refractivity contribution >= 4 is 40.2 Å². The summed E-state index contributed by atoms with van der Waals surface area (Å²) in [6.07, 6.45) is 7.27. The number of hydrogen-bond donors (Lipinski definition) is 6. The minimum Gasteiger partial charge on any atom is -0.384 e. The van der Waals surface area contributed by atoms with Crippen LogP contribution in [0.25, 0.3) is 10.8 Å². The van der Waals surface area contributed by atoms with Crippen molar-refractivity contribution in [3.05, 3.63) is 59.9 Å². The lowest BCUT2D eigenvalue weighted by Crippen LogP contribution is -2.62. The molecule has 2 aromatic rings. The highest BCUT2D eigenvalue weighted by Gasteiger charge is 2.51. The molecule has 14 heteroatoms. The van der Waals surface area contributed by atoms with Crippen molar-refractivity contribution in [2.45, 2.75) is 94.5 Å². The second-order valence-electron chi connectivity index (χ2n) is 14.5. The lowest BCUT2D eigenvalue weighted by atomic mass is 9.84. The van der Waals surface area contributed by atoms with Gasteiger partial charge in [-0.3, -0.25) is 29.0 Å². The van der Waals surface area contributed by atoms with Crippen LogP contribution >= 0.6 is 0 Å². The van der Waals surface area contributed by atoms with Crippen molar-refractivity contribution in [3.63, 3.8) is 0 Å². The van der Waals surface area contributed by atoms with Crippen LogP contribution in [-0.2, 0) is 23.9 Å². The summed E-state index contributed by atoms with van der Waals surface area (Å²) in [4.78, 5) is 69.2. The van der Waals surface area contributed by atoms with Crippen LogP contribution in [0, 0.1) is 5.92 Å². The number of rotatable bonds is 11. The maximum absolute atomic E-state index is 14.8. The topological polar surface area (TPSA) is 195 Å². The fraction of sp³-hybridized carbons (Fsp3) is 0.528. The number of carbonyl (C=O) groups excluding carboxylic acids is 5. The number of ether oxygens (including phenoxy) is 1. The molecule has 4 atom stereocenters. The van der Waals surface area contributed by atoms with E-state index in [2.05, 4.69) is 21.6 Å². The van der Waals surface area contributed by atoms with E-state index in [1.54, 1.807) is 37.2 Å². The van der Waals surface area contributed by atoms with E-state index in [-0.39, 0.29) is 38.5 Å². The Morgan fingerprint density at radius 1 is 1.08 bits per heavy atom. The van der Waals surface area contributed by atoms with E-state index < -0.39 is 58.7 Å². The SMILES string of the molecule is CC(C)(O)C1=CNNN1[C@H]1C[C@@H](C(=O)NC2(C(=O)C(N)=O)CCOC2)N(C(=O)[C@@H](CC2CCCCC2)NC(=O)c2ccc3ccccc3c2)C1. The summed E-state index contributed by atoms with van der Waals surface area (Å²) in [6.45, 7) is 3.25. The quantitative estimate of drug-likeness (QED) is 0.186. The molecule has 14 nitrogen and oxygen atoms in total. The molecule has 268 valence electrons. The second-order valence-corrected chi connectivity index (χ2v) is 14.5. The molecule has 3 aliphatic heterocycles. The Kier molecular flexibility index (Phi) is 10.1. The van der Waals surface area contributed by atoms with Crippen LogP contribution in [0.3, 0.4) is 0 Å². The molecule has 0 aromatic heterocycles. The average Bonchev–Trinajstić information content (AvgIpc) is 3.88. The Bertz CT molecular complexity index is 1680. The number of amides is 4. The van der Waals surface area contributed by atoms with Gasteiger partial charge in [0.1, 0.15) is 23.2 Å². The summed E-state index contributed by atoms with van der Waals surface area (Å²) in [5, 5.41) is 20.2. The van der Waals surface area contributed by atoms with Crippen LogP contribution in [0.4, 0.5) is 0 Å². The van der Waals surface area contributed by atoms with Crippen LogP contribution in [-0.4, -0.2) is 93.5 Å². The third-order valence-corrected chi connectivity index (χ3v) is 10.5. The number of hydrazine groups is 2. The lowest BCUT2D eigenvalue weighted by molar-refractivity contribution is -0.144. The van der Waals surface area contributed by atoms with Crippen molar-refractivity contribution in [3.8, 4) is 0 Å². The number of nitrogens with zero attached hydrogens (tertiary/aromatic N) is 2. The number of carbonyl (C=O) groups is 5. The third-order valence-electron chi connectivity index (χ3n) is 10.5. The molecule has 0 spiro atoms. The summed E-state index contributed by atoms with van der Waals surface area (Å²) >= 11 is 0. The Morgan fingerprint density at radius 3 is 2.50 bits per heavy atom. The molecule has 2 aromatic carbocycles. The van der Waals surface area contributed by atoms with Gasteiger partial charge in [0.15, 0.2) is 0 Å². The number of fused-ring (bicyclic) bond motifs is 1. The van der Waals surface area contributed by atoms with E-state index >= 15 is 0 Å². The summed E-state index contributed by atoms with van der Waals surface area (Å²) in [6, 6.07) is 10.6. The molecule has 50 heavy (non-hydrogen) atoms. The molecule has 0 radical (unpaired) electrons. The number of hydrogen-bond acceptors (Lipinski definition) is 10. The first-order valence-electron chi connectivity index (χ1n) is 17.4. The molecule has 4 aliphatic rings. The minimum absolute atomic E-state index is 0.0555. The highest BCUT2D eigenvalue weighted by atomic mass is 16.5. The molecule has 6 rings (SSSR count). The molecule has 1 aliphatic carbocycles. The summed E-state index contributed by atoms with van der Waals surface area (Å²) in [5.41, 5.74) is 9.29. The molecule has 3 heterocycles. The maximum atomic E-state index is 14.8. The van der Waals surface area contributed by atoms with Crippen LogP contribution < -0.4 is 27.3 Å². The van der Waals surface area contributed by atoms with Gasteiger partial charge in [-0.25, -0.2) is 0 Å². The molecule has 4 amide bonds. The van der Waals surface area contributed by atoms with E-state index in [4.69, 9.17) is 10.5 Å². The Morgan fingerprint density at radius 2 is 1.82 bits per heavy atom. The van der Waals surface area contributed by atoms with E-state index in [9.17, 15) is 29.1 Å². The predicted octanol–water partition coefficient (Wildman–Crippen LogP) is 1.14. The monoisotopic (exact) mass is 689 g/mol. The lowest BCUT2D eigenvalue weighted by Gasteiger charge is -2.34. The van der Waals surface area contributed by atoms with E-state index in [1.807, 2.05) is 30.3 Å². The molecular weight excluding hydrogens is 642 g/mol. The number of nitrogens with two attached hydrogens (primary N) is 1. The Hall–Kier alpha value is -4.53. The zero-order valence-electron chi connectivity index (χ0n) is 28.6. The van der Waals surface area contributed by atoms with Crippen LogP contribution in [0.2, 0.25) is 0 Å². The Balaban J connectivity index is 1.31. The largest absolute Gasteiger partial charge is 0.384 e. The summed E-state index contributed by atoms with van der Waals surface area (Å²) < 4.78 is 5.43. The van der Waals surface area contributed by atoms with E-state index in [1.165, 1.54) is 4.90 Å². The highest BCUT2D eigenvalue weighted by molar-refractivity contribution is 6.39. The van der Waals surface area contributed by atoms with Gasteiger partial charge >= 0.3 is 0 Å². The summed E-state index contributed by atoms with van der Waals surface area (Å²) in [5.74, 6) is -3.41. The molecule has 7 N–H and O–H groups in total. The van der Waals surface area contributed by atoms with Gasteiger partial charge < -0.3 is 36.5 Å². The number of nitrogens with one attached hydrogen (secondary N) is 4. The molecule has 1 saturated carbocycles. The van der Waals surface area contributed by atoms with Crippen molar-refractivity contribution in [1.82, 2.24) is 31.5 Å². The average molecular weight is 690 g/mol. The number of aliphatic hydroxyl groups is 1. The van der Waals surface area contributed by atoms with Gasteiger partial charge in [0.05, 0.1) is 18.3 Å². The zero-order chi connectivity index (χ0) is 35.6. The number of likely N-dealkylation sites (tertiary alicyclic amines) is 1. The van der Waals surface area contributed by atoms with Crippen molar-refractivity contribution < 1.29 is 33.8 Å².